The number of nitrogens with zero attached hydrogens (tertiary/aromatic N) is 6. The van der Waals surface area contributed by atoms with Gasteiger partial charge in [-0.25, -0.2) is 0 Å². The van der Waals surface area contributed by atoms with Gasteiger partial charge in [-0.2, -0.15) is 24.2 Å². The second-order valence-corrected chi connectivity index (χ2v) is 8.03. The van der Waals surface area contributed by atoms with Gasteiger partial charge in [-0.1, -0.05) is 77.0 Å². The van der Waals surface area contributed by atoms with E-state index in [4.69, 9.17) is 20.2 Å². The van der Waals surface area contributed by atoms with Gasteiger partial charge < -0.3 is 41.5 Å². The molecule has 0 saturated carbocycles. The Labute approximate surface area is 199 Å². The number of piperidine rings is 4. The summed E-state index contributed by atoms with van der Waals surface area (Å²) in [5, 5.41) is 36.6. The van der Waals surface area contributed by atoms with Gasteiger partial charge in [0.2, 0.25) is 0 Å². The number of rotatable bonds is 2. The predicted octanol–water partition coefficient (Wildman–Crippen LogP) is 6.18. The fourth-order valence-electron chi connectivity index (χ4n) is 4.51. The molecule has 180 valence electrons. The maximum Gasteiger partial charge on any atom is 4.00 e. The van der Waals surface area contributed by atoms with Gasteiger partial charge in [0.1, 0.15) is 0 Å². The van der Waals surface area contributed by atoms with Crippen LogP contribution in [0.15, 0.2) is 10.7 Å². The molecule has 31 heavy (non-hydrogen) atoms. The van der Waals surface area contributed by atoms with E-state index in [2.05, 4.69) is 21.3 Å². The molecule has 4 unspecified atom stereocenters. The monoisotopic (exact) mass is 526 g/mol. The van der Waals surface area contributed by atoms with E-state index in [-0.39, 0.29) is 19.5 Å². The Morgan fingerprint density at radius 3 is 0.806 bits per heavy atom. The zero-order valence-corrected chi connectivity index (χ0v) is 20.0. The molecule has 4 aliphatic rings. The van der Waals surface area contributed by atoms with Gasteiger partial charge in [0.15, 0.2) is 0 Å². The summed E-state index contributed by atoms with van der Waals surface area (Å²) in [5.74, 6) is 0. The van der Waals surface area contributed by atoms with Crippen molar-refractivity contribution >= 4 is 0 Å². The molecule has 0 spiro atoms. The molecular formula is C20H36N6O4Ru-2. The van der Waals surface area contributed by atoms with E-state index in [9.17, 15) is 0 Å². The number of hydrogen-bond donors (Lipinski definition) is 0. The third-order valence-electron chi connectivity index (χ3n) is 5.97. The molecule has 0 bridgehead atoms. The second kappa shape index (κ2) is 21.1. The van der Waals surface area contributed by atoms with E-state index < -0.39 is 0 Å². The molecule has 4 fully saturated rings. The molecule has 4 rings (SSSR count). The normalized spacial score (nSPS) is 30.2. The summed E-state index contributed by atoms with van der Waals surface area (Å²) in [6, 6.07) is 2.39. The summed E-state index contributed by atoms with van der Waals surface area (Å²) in [6.07, 6.45) is 15.9. The van der Waals surface area contributed by atoms with Crippen molar-refractivity contribution in [1.29, 1.82) is 0 Å². The molecule has 10 nitrogen and oxygen atoms in total. The molecule has 0 N–H and O–H groups in total. The maximum absolute atomic E-state index is 8.00. The van der Waals surface area contributed by atoms with Crippen LogP contribution < -0.4 is 0 Å². The minimum atomic E-state index is 0. The first-order chi connectivity index (χ1) is 14.8. The first kappa shape index (κ1) is 30.3. The van der Waals surface area contributed by atoms with Gasteiger partial charge in [0, 0.05) is 0 Å². The van der Waals surface area contributed by atoms with Crippen LogP contribution in [-0.2, 0) is 19.5 Å². The van der Waals surface area contributed by atoms with Crippen molar-refractivity contribution in [3.05, 3.63) is 41.5 Å². The summed E-state index contributed by atoms with van der Waals surface area (Å²) in [6.45, 7) is 4.38. The SMILES string of the molecule is C1CCC(C2CCCC[N-]2)[N-]C1.C1CCC(C2CCCC[N-]2)[N-]C1.O=N[O-].O=N[O-].[Ru+4]. The quantitative estimate of drug-likeness (QED) is 0.239. The molecule has 0 radical (unpaired) electrons. The smallest absolute Gasteiger partial charge is 0.661 e. The van der Waals surface area contributed by atoms with Crippen molar-refractivity contribution in [2.45, 2.75) is 101 Å². The Morgan fingerprint density at radius 2 is 0.677 bits per heavy atom. The van der Waals surface area contributed by atoms with Crippen LogP contribution in [0.2, 0.25) is 0 Å². The standard InChI is InChI=1S/2C10H18N2.2HNO2.Ru/c2*1-3-7-11-9(5-1)10-6-2-4-8-12-10;2*2-1-3;/h2*9-10H,1-8H2;2*(H,2,3);/q2*-2;;;+4/p-2. The van der Waals surface area contributed by atoms with E-state index in [0.29, 0.717) is 24.2 Å². The third-order valence-corrected chi connectivity index (χ3v) is 5.97. The maximum atomic E-state index is 8.00. The molecular weight excluding hydrogens is 489 g/mol. The summed E-state index contributed by atoms with van der Waals surface area (Å²) in [5.41, 5.74) is 0. The van der Waals surface area contributed by atoms with Gasteiger partial charge in [-0.15, -0.1) is 36.9 Å². The Kier molecular flexibility index (Phi) is 20.6. The van der Waals surface area contributed by atoms with Crippen LogP contribution in [0.5, 0.6) is 0 Å². The molecule has 4 aliphatic heterocycles. The zero-order valence-electron chi connectivity index (χ0n) is 18.3. The van der Waals surface area contributed by atoms with Crippen molar-refractivity contribution in [3.63, 3.8) is 0 Å². The van der Waals surface area contributed by atoms with E-state index in [0.717, 1.165) is 36.9 Å². The Bertz CT molecular complexity index is 344. The topological polar surface area (TPSA) is 161 Å². The molecule has 11 heteroatoms. The molecule has 0 aromatic rings. The summed E-state index contributed by atoms with van der Waals surface area (Å²) in [7, 11) is 0. The first-order valence-corrected chi connectivity index (χ1v) is 11.3. The molecule has 0 aliphatic carbocycles. The molecule has 0 aromatic carbocycles. The Morgan fingerprint density at radius 1 is 0.484 bits per heavy atom. The molecule has 4 atom stereocenters. The minimum Gasteiger partial charge on any atom is -0.661 e. The largest absolute Gasteiger partial charge is 4.00 e. The van der Waals surface area contributed by atoms with E-state index in [1.54, 1.807) is 0 Å². The summed E-state index contributed by atoms with van der Waals surface area (Å²) in [4.78, 5) is 16.0. The van der Waals surface area contributed by atoms with Crippen LogP contribution in [-0.4, -0.2) is 50.3 Å². The van der Waals surface area contributed by atoms with Gasteiger partial charge in [0.05, 0.1) is 0 Å². The zero-order chi connectivity index (χ0) is 21.9. The fourth-order valence-corrected chi connectivity index (χ4v) is 4.51. The van der Waals surface area contributed by atoms with Crippen molar-refractivity contribution in [1.82, 2.24) is 0 Å². The number of hydrogen-bond acceptors (Lipinski definition) is 6. The third kappa shape index (κ3) is 14.1. The molecule has 0 aromatic heterocycles. The molecule has 4 saturated heterocycles. The van der Waals surface area contributed by atoms with Crippen LogP contribution in [0.1, 0.15) is 77.0 Å². The Hall–Kier alpha value is -0.737. The van der Waals surface area contributed by atoms with Crippen LogP contribution in [0, 0.1) is 20.2 Å². The van der Waals surface area contributed by atoms with Crippen molar-refractivity contribution < 1.29 is 19.5 Å². The van der Waals surface area contributed by atoms with Crippen molar-refractivity contribution in [2.24, 2.45) is 10.7 Å². The minimum absolute atomic E-state index is 0. The van der Waals surface area contributed by atoms with Crippen molar-refractivity contribution in [3.8, 4) is 0 Å². The van der Waals surface area contributed by atoms with Gasteiger partial charge in [-0.3, -0.25) is 0 Å². The molecule has 0 amide bonds. The summed E-state index contributed by atoms with van der Waals surface area (Å²) >= 11 is 0. The average Bonchev–Trinajstić information content (AvgIpc) is 2.83. The van der Waals surface area contributed by atoms with Crippen molar-refractivity contribution in [2.75, 3.05) is 26.2 Å². The first-order valence-electron chi connectivity index (χ1n) is 11.3. The van der Waals surface area contributed by atoms with Gasteiger partial charge in [0.25, 0.3) is 0 Å². The summed E-state index contributed by atoms with van der Waals surface area (Å²) < 4.78 is 0. The predicted molar refractivity (Wildman–Crippen MR) is 122 cm³/mol. The van der Waals surface area contributed by atoms with Gasteiger partial charge in [-0.05, 0) is 0 Å². The van der Waals surface area contributed by atoms with E-state index in [1.807, 2.05) is 0 Å². The van der Waals surface area contributed by atoms with Crippen LogP contribution >= 0.6 is 0 Å². The fraction of sp³-hybridized carbons (Fsp3) is 1.00. The van der Waals surface area contributed by atoms with Crippen LogP contribution in [0.4, 0.5) is 0 Å². The van der Waals surface area contributed by atoms with E-state index >= 15 is 0 Å². The molecule has 4 heterocycles. The Balaban J connectivity index is 0.000000453. The van der Waals surface area contributed by atoms with E-state index in [1.165, 1.54) is 77.0 Å². The van der Waals surface area contributed by atoms with Crippen LogP contribution in [0.25, 0.3) is 21.3 Å². The van der Waals surface area contributed by atoms with Gasteiger partial charge >= 0.3 is 19.5 Å². The second-order valence-electron chi connectivity index (χ2n) is 8.03. The van der Waals surface area contributed by atoms with Crippen LogP contribution in [0.3, 0.4) is 0 Å². The average molecular weight is 526 g/mol.